The Hall–Kier alpha value is -1.11. The Kier molecular flexibility index (Phi) is 3.14. The summed E-state index contributed by atoms with van der Waals surface area (Å²) in [5.74, 6) is -1.88. The molecule has 0 aromatic carbocycles. The number of H-pyrrole nitrogens is 1. The van der Waals surface area contributed by atoms with Crippen molar-refractivity contribution in [1.82, 2.24) is 9.97 Å². The number of nitrogens with one attached hydrogen (secondary N) is 1. The summed E-state index contributed by atoms with van der Waals surface area (Å²) in [5, 5.41) is 8.64. The summed E-state index contributed by atoms with van der Waals surface area (Å²) in [6.45, 7) is 0. The van der Waals surface area contributed by atoms with Gasteiger partial charge < -0.3 is 21.3 Å². The maximum absolute atomic E-state index is 10.7. The average Bonchev–Trinajstić information content (AvgIpc) is 2.45. The molecule has 6 nitrogen and oxygen atoms in total. The summed E-state index contributed by atoms with van der Waals surface area (Å²) in [7, 11) is 0. The van der Waals surface area contributed by atoms with E-state index in [4.69, 9.17) is 17.7 Å². The fourth-order valence-electron chi connectivity index (χ4n) is 0.443. The molecular formula is C6H12ClN3O3. The van der Waals surface area contributed by atoms with E-state index in [1.807, 2.05) is 0 Å². The van der Waals surface area contributed by atoms with Crippen LogP contribution < -0.4 is 5.73 Å². The molecule has 7 heteroatoms. The van der Waals surface area contributed by atoms with Crippen LogP contribution in [-0.4, -0.2) is 32.5 Å². The number of aromatic amines is 1. The molecular weight excluding hydrogens is 201 g/mol. The number of aromatic nitrogens is 2. The summed E-state index contributed by atoms with van der Waals surface area (Å²) >= 11 is 0. The van der Waals surface area contributed by atoms with Crippen molar-refractivity contribution in [1.29, 1.82) is 0 Å². The molecule has 6 N–H and O–H groups in total. The number of imidazole rings is 1. The lowest BCUT2D eigenvalue weighted by molar-refractivity contribution is -0.138. The fourth-order valence-corrected chi connectivity index (χ4v) is 0.443. The lowest BCUT2D eigenvalue weighted by atomic mass is 10.2. The molecule has 0 unspecified atom stereocenters. The van der Waals surface area contributed by atoms with Gasteiger partial charge in [0.15, 0.2) is 0 Å². The largest absolute Gasteiger partial charge is 0.480 e. The highest BCUT2D eigenvalue weighted by Gasteiger charge is 2.11. The van der Waals surface area contributed by atoms with Crippen LogP contribution in [0.1, 0.15) is 12.5 Å². The first kappa shape index (κ1) is 6.36. The Morgan fingerprint density at radius 3 is 3.08 bits per heavy atom. The van der Waals surface area contributed by atoms with Crippen LogP contribution >= 0.6 is 12.4 Å². The third-order valence-corrected chi connectivity index (χ3v) is 0.895. The molecule has 76 valence electrons. The van der Waals surface area contributed by atoms with Gasteiger partial charge in [-0.15, -0.1) is 12.4 Å². The van der Waals surface area contributed by atoms with E-state index in [0.717, 1.165) is 0 Å². The van der Waals surface area contributed by atoms with Crippen molar-refractivity contribution in [2.75, 3.05) is 0 Å². The van der Waals surface area contributed by atoms with Gasteiger partial charge in [0.25, 0.3) is 0 Å². The topological polar surface area (TPSA) is 124 Å². The van der Waals surface area contributed by atoms with Gasteiger partial charge in [0.1, 0.15) is 7.39 Å². The zero-order valence-electron chi connectivity index (χ0n) is 11.3. The zero-order valence-corrected chi connectivity index (χ0v) is 7.10. The third kappa shape index (κ3) is 4.46. The van der Waals surface area contributed by atoms with Crippen LogP contribution in [0.5, 0.6) is 0 Å². The van der Waals surface area contributed by atoms with Crippen LogP contribution in [0, 0.1) is 0 Å². The number of nitrogens with zero attached hydrogens (tertiary/aromatic N) is 1. The van der Waals surface area contributed by atoms with Crippen molar-refractivity contribution in [3.05, 3.63) is 18.2 Å². The van der Waals surface area contributed by atoms with Crippen LogP contribution in [0.3, 0.4) is 0 Å². The molecule has 0 amide bonds. The second-order valence-electron chi connectivity index (χ2n) is 1.68. The summed E-state index contributed by atoms with van der Waals surface area (Å²) in [6.07, 6.45) is -3.99. The van der Waals surface area contributed by atoms with Gasteiger partial charge >= 0.3 is 5.97 Å². The van der Waals surface area contributed by atoms with E-state index in [1.54, 1.807) is 0 Å². The highest BCUT2D eigenvalue weighted by molar-refractivity contribution is 5.85. The van der Waals surface area contributed by atoms with E-state index in [2.05, 4.69) is 9.97 Å². The van der Waals surface area contributed by atoms with Crippen LogP contribution in [0.4, 0.5) is 0 Å². The van der Waals surface area contributed by atoms with Crippen molar-refractivity contribution in [3.63, 3.8) is 0 Å². The number of rotatable bonds is 3. The SMILES string of the molecule is Cl.O.[2H]c1[15n]c([2H])c(C([2H])([2H])[C@]([2H])([15NH2])C(=O)O)[15nH]1. The Balaban J connectivity index is 0. The molecule has 0 fully saturated rings. The molecule has 1 aromatic rings. The maximum Gasteiger partial charge on any atom is 0.320 e. The lowest BCUT2D eigenvalue weighted by Crippen LogP contribution is -2.32. The molecule has 0 spiro atoms. The Morgan fingerprint density at radius 1 is 2.08 bits per heavy atom. The third-order valence-electron chi connectivity index (χ3n) is 0.895. The Labute approximate surface area is 87.9 Å². The highest BCUT2D eigenvalue weighted by atomic mass is 35.5. The van der Waals surface area contributed by atoms with Gasteiger partial charge in [-0.1, -0.05) is 0 Å². The van der Waals surface area contributed by atoms with E-state index < -0.39 is 36.5 Å². The van der Waals surface area contributed by atoms with Crippen molar-refractivity contribution in [3.8, 4) is 0 Å². The summed E-state index contributed by atoms with van der Waals surface area (Å²) < 4.78 is 36.4. The van der Waals surface area contributed by atoms with Crippen LogP contribution in [0.25, 0.3) is 0 Å². The molecule has 0 bridgehead atoms. The van der Waals surface area contributed by atoms with Gasteiger partial charge in [0.05, 0.1) is 9.04 Å². The van der Waals surface area contributed by atoms with Gasteiger partial charge in [-0.2, -0.15) is 0 Å². The number of aliphatic carboxylic acids is 1. The molecule has 1 heterocycles. The molecule has 0 aliphatic rings. The summed E-state index contributed by atoms with van der Waals surface area (Å²) in [6, 6.07) is -2.97. The van der Waals surface area contributed by atoms with Crippen molar-refractivity contribution < 1.29 is 22.2 Å². The number of halogens is 1. The standard InChI is InChI=1S/C6H9N3O2.ClH.H2O/c7-5(6(10)11)1-4-2-8-3-9-4;;/h2-3,5H,1,7H2,(H,8,9)(H,10,11);1H;1H2/t5-;;/m0../s1/i1D2,2D,3D,5D,7+1,8+1,9+1;;. The lowest BCUT2D eigenvalue weighted by Gasteiger charge is -2.02. The van der Waals surface area contributed by atoms with Crippen molar-refractivity contribution in [2.24, 2.45) is 5.73 Å². The second-order valence-corrected chi connectivity index (χ2v) is 1.68. The molecule has 0 saturated heterocycles. The van der Waals surface area contributed by atoms with Gasteiger partial charge in [-0.25, -0.2) is 4.98 Å². The maximum atomic E-state index is 10.7. The van der Waals surface area contributed by atoms with Gasteiger partial charge in [0, 0.05) is 21.0 Å². The Morgan fingerprint density at radius 2 is 2.69 bits per heavy atom. The second kappa shape index (κ2) is 6.41. The minimum atomic E-state index is -2.97. The monoisotopic (exact) mass is 217 g/mol. The van der Waals surface area contributed by atoms with E-state index in [0.29, 0.717) is 0 Å². The smallest absolute Gasteiger partial charge is 0.320 e. The van der Waals surface area contributed by atoms with Gasteiger partial charge in [-0.3, -0.25) is 4.79 Å². The minimum absolute atomic E-state index is 0. The number of hydrogen-bond donors (Lipinski definition) is 3. The number of carbonyl (C=O) groups is 1. The van der Waals surface area contributed by atoms with E-state index >= 15 is 0 Å². The van der Waals surface area contributed by atoms with E-state index in [1.165, 1.54) is 0 Å². The van der Waals surface area contributed by atoms with E-state index in [9.17, 15) is 4.79 Å². The quantitative estimate of drug-likeness (QED) is 0.560. The minimum Gasteiger partial charge on any atom is -0.480 e. The fraction of sp³-hybridized carbons (Fsp3) is 0.333. The molecule has 1 rings (SSSR count). The Bertz CT molecular complexity index is 438. The average molecular weight is 218 g/mol. The van der Waals surface area contributed by atoms with E-state index in [-0.39, 0.29) is 17.9 Å². The molecule has 0 aliphatic heterocycles. The molecule has 1 aromatic heterocycles. The summed E-state index contributed by atoms with van der Waals surface area (Å²) in [4.78, 5) is 16.0. The number of carboxylic acid groups (broad SMARTS) is 1. The predicted octanol–water partition coefficient (Wildman–Crippen LogP) is -1.04. The molecule has 0 saturated carbocycles. The van der Waals surface area contributed by atoms with Gasteiger partial charge in [0.2, 0.25) is 0 Å². The molecule has 1 atom stereocenters. The first-order valence-electron chi connectivity index (χ1n) is 5.16. The summed E-state index contributed by atoms with van der Waals surface area (Å²) in [5.41, 5.74) is 4.45. The number of nitrogens with two attached hydrogens (primary N) is 1. The molecule has 0 aliphatic carbocycles. The highest BCUT2D eigenvalue weighted by Crippen LogP contribution is 1.95. The van der Waals surface area contributed by atoms with Crippen molar-refractivity contribution in [2.45, 2.75) is 12.4 Å². The van der Waals surface area contributed by atoms with Crippen LogP contribution in [0.15, 0.2) is 12.5 Å². The van der Waals surface area contributed by atoms with Gasteiger partial charge in [-0.05, 0) is 0 Å². The normalized spacial score (nSPS) is 19.9. The van der Waals surface area contributed by atoms with Crippen molar-refractivity contribution >= 4 is 18.4 Å². The van der Waals surface area contributed by atoms with Crippen LogP contribution in [-0.2, 0) is 11.2 Å². The number of hydrogen-bond acceptors (Lipinski definition) is 3. The molecule has 0 radical (unpaired) electrons. The predicted molar refractivity (Wildman–Crippen MR) is 48.8 cm³/mol. The molecule has 13 heavy (non-hydrogen) atoms. The first-order valence-corrected chi connectivity index (χ1v) is 2.66. The number of carboxylic acids is 1. The first-order chi connectivity index (χ1) is 7.10. The van der Waals surface area contributed by atoms with Crippen LogP contribution in [0.2, 0.25) is 0 Å². The zero-order chi connectivity index (χ0) is 12.7.